The highest BCUT2D eigenvalue weighted by atomic mass is 28.3. The fraction of sp³-hybridized carbons (Fsp3) is 1.00. The van der Waals surface area contributed by atoms with Crippen molar-refractivity contribution in [2.75, 3.05) is 0 Å². The molecule has 1 N–H and O–H groups in total. The van der Waals surface area contributed by atoms with Crippen molar-refractivity contribution in [3.05, 3.63) is 0 Å². The van der Waals surface area contributed by atoms with Gasteiger partial charge >= 0.3 is 0 Å². The maximum absolute atomic E-state index is 9.23. The predicted octanol–water partition coefficient (Wildman–Crippen LogP) is 1.56. The zero-order valence-electron chi connectivity index (χ0n) is 7.62. The topological polar surface area (TPSA) is 32.8 Å². The molecule has 1 aliphatic heterocycles. The van der Waals surface area contributed by atoms with Crippen LogP contribution in [0.25, 0.3) is 0 Å². The van der Waals surface area contributed by atoms with Crippen molar-refractivity contribution in [1.29, 1.82) is 0 Å². The van der Waals surface area contributed by atoms with Crippen molar-refractivity contribution in [2.24, 2.45) is 5.92 Å². The molecule has 2 fully saturated rings. The van der Waals surface area contributed by atoms with Crippen molar-refractivity contribution in [3.63, 3.8) is 0 Å². The normalized spacial score (nSPS) is 39.8. The molecule has 0 aromatic heterocycles. The van der Waals surface area contributed by atoms with Crippen LogP contribution < -0.4 is 0 Å². The van der Waals surface area contributed by atoms with Gasteiger partial charge in [-0.3, -0.25) is 0 Å². The molecule has 2 rings (SSSR count). The predicted molar refractivity (Wildman–Crippen MR) is 49.3 cm³/mol. The maximum atomic E-state index is 9.23. The largest absolute Gasteiger partial charge is 0.432 e. The van der Waals surface area contributed by atoms with Crippen molar-refractivity contribution >= 4 is 9.04 Å². The van der Waals surface area contributed by atoms with Crippen LogP contribution in [0.15, 0.2) is 0 Å². The third kappa shape index (κ3) is 2.09. The summed E-state index contributed by atoms with van der Waals surface area (Å²) in [6.07, 6.45) is 6.33. The van der Waals surface area contributed by atoms with Crippen LogP contribution in [0.3, 0.4) is 0 Å². The van der Waals surface area contributed by atoms with Gasteiger partial charge in [0.2, 0.25) is 9.04 Å². The molecule has 3 heteroatoms. The average Bonchev–Trinajstić information content (AvgIpc) is 2.78. The third-order valence-corrected chi connectivity index (χ3v) is 4.04. The Morgan fingerprint density at radius 3 is 2.92 bits per heavy atom. The third-order valence-electron chi connectivity index (χ3n) is 3.03. The molecular formula is C9H17O2Si. The van der Waals surface area contributed by atoms with E-state index in [9.17, 15) is 4.80 Å². The standard InChI is InChI=1S/C9H17O2Si/c1-12(10)5-4-7-2-3-8-9(6-7)11-8/h7-10H,2-6H2,1H3. The number of ether oxygens (including phenoxy) is 1. The number of rotatable bonds is 3. The van der Waals surface area contributed by atoms with E-state index in [1.165, 1.54) is 25.7 Å². The highest BCUT2D eigenvalue weighted by Gasteiger charge is 2.43. The SMILES string of the molecule is C[Si](O)CCC1CCC2OC2C1. The van der Waals surface area contributed by atoms with E-state index in [1.54, 1.807) is 0 Å². The Morgan fingerprint density at radius 2 is 2.25 bits per heavy atom. The van der Waals surface area contributed by atoms with Crippen LogP contribution in [0.1, 0.15) is 25.7 Å². The molecule has 3 unspecified atom stereocenters. The van der Waals surface area contributed by atoms with Crippen LogP contribution >= 0.6 is 0 Å². The monoisotopic (exact) mass is 185 g/mol. The van der Waals surface area contributed by atoms with E-state index in [0.717, 1.165) is 12.0 Å². The molecule has 1 radical (unpaired) electrons. The van der Waals surface area contributed by atoms with Crippen molar-refractivity contribution in [1.82, 2.24) is 0 Å². The van der Waals surface area contributed by atoms with Gasteiger partial charge in [0.1, 0.15) is 0 Å². The van der Waals surface area contributed by atoms with E-state index in [-0.39, 0.29) is 0 Å². The first-order valence-electron chi connectivity index (χ1n) is 4.92. The molecule has 2 aliphatic rings. The summed E-state index contributed by atoms with van der Waals surface area (Å²) < 4.78 is 5.46. The second kappa shape index (κ2) is 3.48. The Hall–Kier alpha value is 0.137. The van der Waals surface area contributed by atoms with Crippen LogP contribution in [-0.4, -0.2) is 26.0 Å². The van der Waals surface area contributed by atoms with Gasteiger partial charge < -0.3 is 9.53 Å². The molecule has 1 heterocycles. The van der Waals surface area contributed by atoms with Gasteiger partial charge in [-0.05, 0) is 37.8 Å². The minimum Gasteiger partial charge on any atom is -0.432 e. The molecular weight excluding hydrogens is 168 g/mol. The van der Waals surface area contributed by atoms with E-state index < -0.39 is 9.04 Å². The molecule has 69 valence electrons. The number of fused-ring (bicyclic) bond motifs is 1. The summed E-state index contributed by atoms with van der Waals surface area (Å²) in [6, 6.07) is 1.06. The van der Waals surface area contributed by atoms with E-state index in [1.807, 2.05) is 6.55 Å². The number of hydrogen-bond acceptors (Lipinski definition) is 2. The maximum Gasteiger partial charge on any atom is 0.203 e. The minimum atomic E-state index is -0.978. The Morgan fingerprint density at radius 1 is 1.42 bits per heavy atom. The molecule has 1 saturated heterocycles. The molecule has 12 heavy (non-hydrogen) atoms. The zero-order valence-corrected chi connectivity index (χ0v) is 8.62. The molecule has 1 saturated carbocycles. The fourth-order valence-electron chi connectivity index (χ4n) is 2.16. The summed E-state index contributed by atoms with van der Waals surface area (Å²) in [6.45, 7) is 1.98. The van der Waals surface area contributed by atoms with Crippen LogP contribution in [0.4, 0.5) is 0 Å². The quantitative estimate of drug-likeness (QED) is 0.534. The van der Waals surface area contributed by atoms with Crippen LogP contribution in [0, 0.1) is 5.92 Å². The summed E-state index contributed by atoms with van der Waals surface area (Å²) >= 11 is 0. The highest BCUT2D eigenvalue weighted by molar-refractivity contribution is 6.48. The first kappa shape index (κ1) is 8.72. The smallest absolute Gasteiger partial charge is 0.203 e. The first-order chi connectivity index (χ1) is 5.75. The summed E-state index contributed by atoms with van der Waals surface area (Å²) in [5, 5.41) is 0. The molecule has 0 spiro atoms. The molecule has 0 bridgehead atoms. The fourth-order valence-corrected chi connectivity index (χ4v) is 2.99. The lowest BCUT2D eigenvalue weighted by molar-refractivity contribution is 0.355. The van der Waals surface area contributed by atoms with E-state index in [4.69, 9.17) is 4.74 Å². The molecule has 1 aliphatic carbocycles. The minimum absolute atomic E-state index is 0.606. The lowest BCUT2D eigenvalue weighted by atomic mass is 9.88. The molecule has 0 aromatic rings. The van der Waals surface area contributed by atoms with Crippen LogP contribution in [0.5, 0.6) is 0 Å². The van der Waals surface area contributed by atoms with Gasteiger partial charge in [-0.2, -0.15) is 0 Å². The first-order valence-corrected chi connectivity index (χ1v) is 7.08. The summed E-state index contributed by atoms with van der Waals surface area (Å²) in [7, 11) is -0.978. The second-order valence-electron chi connectivity index (χ2n) is 4.17. The molecule has 0 aromatic carbocycles. The van der Waals surface area contributed by atoms with Crippen LogP contribution in [-0.2, 0) is 4.74 Å². The Kier molecular flexibility index (Phi) is 2.53. The van der Waals surface area contributed by atoms with Gasteiger partial charge in [0.25, 0.3) is 0 Å². The molecule has 3 atom stereocenters. The summed E-state index contributed by atoms with van der Waals surface area (Å²) in [4.78, 5) is 9.23. The second-order valence-corrected chi connectivity index (χ2v) is 6.14. The molecule has 2 nitrogen and oxygen atoms in total. The van der Waals surface area contributed by atoms with Gasteiger partial charge in [-0.15, -0.1) is 0 Å². The van der Waals surface area contributed by atoms with E-state index in [2.05, 4.69) is 0 Å². The Labute approximate surface area is 75.7 Å². The Balaban J connectivity index is 1.67. The lowest BCUT2D eigenvalue weighted by Gasteiger charge is -2.18. The highest BCUT2D eigenvalue weighted by Crippen LogP contribution is 2.40. The van der Waals surface area contributed by atoms with Gasteiger partial charge in [-0.1, -0.05) is 6.42 Å². The van der Waals surface area contributed by atoms with Crippen LogP contribution in [0.2, 0.25) is 12.6 Å². The van der Waals surface area contributed by atoms with Gasteiger partial charge in [0, 0.05) is 0 Å². The van der Waals surface area contributed by atoms with E-state index >= 15 is 0 Å². The van der Waals surface area contributed by atoms with Crippen molar-refractivity contribution in [3.8, 4) is 0 Å². The van der Waals surface area contributed by atoms with Crippen molar-refractivity contribution < 1.29 is 9.53 Å². The molecule has 0 amide bonds. The summed E-state index contributed by atoms with van der Waals surface area (Å²) in [5.74, 6) is 0.848. The average molecular weight is 185 g/mol. The summed E-state index contributed by atoms with van der Waals surface area (Å²) in [5.41, 5.74) is 0. The van der Waals surface area contributed by atoms with E-state index in [0.29, 0.717) is 12.2 Å². The lowest BCUT2D eigenvalue weighted by Crippen LogP contribution is -2.15. The van der Waals surface area contributed by atoms with Crippen molar-refractivity contribution in [2.45, 2.75) is 50.5 Å². The number of epoxide rings is 1. The van der Waals surface area contributed by atoms with Gasteiger partial charge in [0.15, 0.2) is 0 Å². The van der Waals surface area contributed by atoms with Gasteiger partial charge in [-0.25, -0.2) is 0 Å². The van der Waals surface area contributed by atoms with Gasteiger partial charge in [0.05, 0.1) is 12.2 Å². The Bertz CT molecular complexity index is 161. The number of hydrogen-bond donors (Lipinski definition) is 1. The zero-order chi connectivity index (χ0) is 8.55.